The molecule has 0 spiro atoms. The third-order valence-corrected chi connectivity index (χ3v) is 6.73. The van der Waals surface area contributed by atoms with Crippen LogP contribution in [-0.2, 0) is 19.1 Å². The zero-order chi connectivity index (χ0) is 25.2. The van der Waals surface area contributed by atoms with Crippen LogP contribution in [-0.4, -0.2) is 50.2 Å². The number of rotatable bonds is 20. The van der Waals surface area contributed by atoms with Crippen molar-refractivity contribution < 1.29 is 19.1 Å². The van der Waals surface area contributed by atoms with Crippen LogP contribution in [0, 0.1) is 23.7 Å². The van der Waals surface area contributed by atoms with Crippen LogP contribution in [0.1, 0.15) is 112 Å². The second-order valence-electron chi connectivity index (χ2n) is 10.9. The summed E-state index contributed by atoms with van der Waals surface area (Å²) in [5, 5.41) is 0. The van der Waals surface area contributed by atoms with Gasteiger partial charge in [-0.1, -0.05) is 80.1 Å². The van der Waals surface area contributed by atoms with Crippen molar-refractivity contribution in [3.63, 3.8) is 0 Å². The third kappa shape index (κ3) is 18.0. The van der Waals surface area contributed by atoms with Crippen LogP contribution in [0.2, 0.25) is 0 Å². The Morgan fingerprint density at radius 2 is 1.15 bits per heavy atom. The molecule has 0 aromatic rings. The van der Waals surface area contributed by atoms with E-state index >= 15 is 0 Å². The van der Waals surface area contributed by atoms with Crippen molar-refractivity contribution in [2.24, 2.45) is 23.7 Å². The first-order chi connectivity index (χ1) is 15.6. The van der Waals surface area contributed by atoms with Gasteiger partial charge in [-0.05, 0) is 50.6 Å². The zero-order valence-electron chi connectivity index (χ0n) is 23.2. The largest absolute Gasteiger partial charge is 0.466 e. The molecule has 0 radical (unpaired) electrons. The molecule has 3 unspecified atom stereocenters. The van der Waals surface area contributed by atoms with Crippen molar-refractivity contribution in [1.82, 2.24) is 4.90 Å². The highest BCUT2D eigenvalue weighted by molar-refractivity contribution is 5.70. The predicted molar refractivity (Wildman–Crippen MR) is 138 cm³/mol. The number of hydrogen-bond acceptors (Lipinski definition) is 5. The van der Waals surface area contributed by atoms with Gasteiger partial charge in [0, 0.05) is 25.3 Å². The van der Waals surface area contributed by atoms with Crippen LogP contribution in [0.5, 0.6) is 0 Å². The first kappa shape index (κ1) is 31.9. The van der Waals surface area contributed by atoms with E-state index in [0.29, 0.717) is 56.1 Å². The predicted octanol–water partition coefficient (Wildman–Crippen LogP) is 6.88. The molecule has 0 amide bonds. The molecule has 0 heterocycles. The maximum absolute atomic E-state index is 12.4. The SMILES string of the molecule is CCC(CCCC(C)C)CC(=O)OCCC(COC(=O)CC(CC)CCCC(C)C)N(C)C. The molecule has 5 nitrogen and oxygen atoms in total. The summed E-state index contributed by atoms with van der Waals surface area (Å²) in [5.41, 5.74) is 0. The Morgan fingerprint density at radius 1 is 0.697 bits per heavy atom. The van der Waals surface area contributed by atoms with E-state index in [1.165, 1.54) is 25.7 Å². The van der Waals surface area contributed by atoms with E-state index in [-0.39, 0.29) is 18.0 Å². The van der Waals surface area contributed by atoms with Crippen LogP contribution < -0.4 is 0 Å². The molecule has 0 saturated carbocycles. The lowest BCUT2D eigenvalue weighted by molar-refractivity contribution is -0.149. The van der Waals surface area contributed by atoms with E-state index in [1.54, 1.807) is 0 Å². The summed E-state index contributed by atoms with van der Waals surface area (Å²) >= 11 is 0. The fourth-order valence-electron chi connectivity index (χ4n) is 4.11. The third-order valence-electron chi connectivity index (χ3n) is 6.73. The minimum Gasteiger partial charge on any atom is -0.466 e. The molecule has 0 bridgehead atoms. The van der Waals surface area contributed by atoms with Gasteiger partial charge < -0.3 is 14.4 Å². The molecule has 0 saturated heterocycles. The Balaban J connectivity index is 4.29. The lowest BCUT2D eigenvalue weighted by Gasteiger charge is -2.24. The molecule has 0 aromatic heterocycles. The summed E-state index contributed by atoms with van der Waals surface area (Å²) in [6, 6.07) is 0.0516. The highest BCUT2D eigenvalue weighted by Gasteiger charge is 2.19. The number of likely N-dealkylation sites (N-methyl/N-ethyl adjacent to an activating group) is 1. The van der Waals surface area contributed by atoms with E-state index in [0.717, 1.165) is 25.7 Å². The van der Waals surface area contributed by atoms with E-state index in [4.69, 9.17) is 9.47 Å². The van der Waals surface area contributed by atoms with Crippen molar-refractivity contribution in [1.29, 1.82) is 0 Å². The van der Waals surface area contributed by atoms with Crippen molar-refractivity contribution in [3.8, 4) is 0 Å². The van der Waals surface area contributed by atoms with E-state index in [9.17, 15) is 9.59 Å². The second-order valence-corrected chi connectivity index (χ2v) is 10.9. The van der Waals surface area contributed by atoms with Gasteiger partial charge in [0.25, 0.3) is 0 Å². The van der Waals surface area contributed by atoms with Crippen LogP contribution >= 0.6 is 0 Å². The van der Waals surface area contributed by atoms with E-state index in [2.05, 4.69) is 41.5 Å². The molecular weight excluding hydrogens is 414 g/mol. The lowest BCUT2D eigenvalue weighted by atomic mass is 9.94. The van der Waals surface area contributed by atoms with E-state index < -0.39 is 0 Å². The topological polar surface area (TPSA) is 55.8 Å². The molecule has 5 heteroatoms. The normalized spacial score (nSPS) is 14.5. The molecule has 3 atom stereocenters. The molecule has 0 aliphatic rings. The van der Waals surface area contributed by atoms with Gasteiger partial charge in [-0.25, -0.2) is 0 Å². The molecule has 0 N–H and O–H groups in total. The number of carbonyl (C=O) groups excluding carboxylic acids is 2. The van der Waals surface area contributed by atoms with Gasteiger partial charge in [-0.3, -0.25) is 9.59 Å². The Morgan fingerprint density at radius 3 is 1.55 bits per heavy atom. The first-order valence-electron chi connectivity index (χ1n) is 13.6. The first-order valence-corrected chi connectivity index (χ1v) is 13.6. The maximum atomic E-state index is 12.4. The lowest BCUT2D eigenvalue weighted by Crippen LogP contribution is -2.35. The van der Waals surface area contributed by atoms with Crippen LogP contribution in [0.4, 0.5) is 0 Å². The summed E-state index contributed by atoms with van der Waals surface area (Å²) in [4.78, 5) is 26.7. The molecule has 0 fully saturated rings. The quantitative estimate of drug-likeness (QED) is 0.182. The van der Waals surface area contributed by atoms with Crippen LogP contribution in [0.3, 0.4) is 0 Å². The minimum absolute atomic E-state index is 0.0516. The number of ether oxygens (including phenoxy) is 2. The average molecular weight is 470 g/mol. The Labute approximate surface area is 205 Å². The summed E-state index contributed by atoms with van der Waals surface area (Å²) < 4.78 is 11.1. The molecule has 0 aromatic carbocycles. The summed E-state index contributed by atoms with van der Waals surface area (Å²) in [6.45, 7) is 14.0. The summed E-state index contributed by atoms with van der Waals surface area (Å²) in [5.74, 6) is 2.03. The summed E-state index contributed by atoms with van der Waals surface area (Å²) in [6.07, 6.45) is 10.7. The maximum Gasteiger partial charge on any atom is 0.306 e. The molecule has 0 rings (SSSR count). The zero-order valence-corrected chi connectivity index (χ0v) is 23.2. The molecule has 0 aliphatic heterocycles. The van der Waals surface area contributed by atoms with Gasteiger partial charge >= 0.3 is 11.9 Å². The van der Waals surface area contributed by atoms with Gasteiger partial charge in [-0.15, -0.1) is 0 Å². The average Bonchev–Trinajstić information content (AvgIpc) is 2.73. The molecule has 33 heavy (non-hydrogen) atoms. The Hall–Kier alpha value is -1.10. The van der Waals surface area contributed by atoms with Gasteiger partial charge in [0.05, 0.1) is 6.61 Å². The number of carbonyl (C=O) groups is 2. The number of nitrogens with zero attached hydrogens (tertiary/aromatic N) is 1. The summed E-state index contributed by atoms with van der Waals surface area (Å²) in [7, 11) is 3.95. The fraction of sp³-hybridized carbons (Fsp3) is 0.929. The molecular formula is C28H55NO4. The van der Waals surface area contributed by atoms with Crippen LogP contribution in [0.15, 0.2) is 0 Å². The van der Waals surface area contributed by atoms with Gasteiger partial charge in [-0.2, -0.15) is 0 Å². The number of hydrogen-bond donors (Lipinski definition) is 0. The van der Waals surface area contributed by atoms with Crippen molar-refractivity contribution >= 4 is 11.9 Å². The second kappa shape index (κ2) is 19.2. The molecule has 196 valence electrons. The van der Waals surface area contributed by atoms with Gasteiger partial charge in [0.1, 0.15) is 6.61 Å². The highest BCUT2D eigenvalue weighted by atomic mass is 16.5. The Bertz CT molecular complexity index is 504. The van der Waals surface area contributed by atoms with Crippen LogP contribution in [0.25, 0.3) is 0 Å². The fourth-order valence-corrected chi connectivity index (χ4v) is 4.11. The van der Waals surface area contributed by atoms with Crippen molar-refractivity contribution in [2.45, 2.75) is 118 Å². The van der Waals surface area contributed by atoms with Gasteiger partial charge in [0.15, 0.2) is 0 Å². The van der Waals surface area contributed by atoms with Crippen molar-refractivity contribution in [3.05, 3.63) is 0 Å². The molecule has 0 aliphatic carbocycles. The monoisotopic (exact) mass is 469 g/mol. The van der Waals surface area contributed by atoms with E-state index in [1.807, 2.05) is 19.0 Å². The Kier molecular flexibility index (Phi) is 18.6. The standard InChI is InChI=1S/C28H55NO4/c1-9-24(15-11-13-22(3)4)19-27(30)32-18-17-26(29(7)8)21-33-28(31)20-25(10-2)16-12-14-23(5)6/h22-26H,9-21H2,1-8H3. The van der Waals surface area contributed by atoms with Crippen molar-refractivity contribution in [2.75, 3.05) is 27.3 Å². The number of esters is 2. The smallest absolute Gasteiger partial charge is 0.306 e. The highest BCUT2D eigenvalue weighted by Crippen LogP contribution is 2.21. The van der Waals surface area contributed by atoms with Gasteiger partial charge in [0.2, 0.25) is 0 Å². The minimum atomic E-state index is -0.109.